The number of ether oxygens (including phenoxy) is 1. The van der Waals surface area contributed by atoms with Crippen molar-refractivity contribution in [2.45, 2.75) is 24.6 Å². The van der Waals surface area contributed by atoms with E-state index in [4.69, 9.17) is 4.74 Å². The van der Waals surface area contributed by atoms with Crippen molar-refractivity contribution in [1.82, 2.24) is 0 Å². The Bertz CT molecular complexity index is 1320. The Morgan fingerprint density at radius 2 is 1.65 bits per heavy atom. The number of sulfone groups is 1. The number of aliphatic imine (C=N–C) groups is 1. The molecule has 2 fully saturated rings. The molecule has 34 heavy (non-hydrogen) atoms. The van der Waals surface area contributed by atoms with Crippen LogP contribution in [0.2, 0.25) is 0 Å². The maximum atomic E-state index is 12.8. The van der Waals surface area contributed by atoms with Crippen LogP contribution < -0.4 is 9.64 Å². The first kappa shape index (κ1) is 22.7. The molecule has 5 rings (SSSR count). The average molecular weight is 493 g/mol. The summed E-state index contributed by atoms with van der Waals surface area (Å²) in [6.07, 6.45) is 0.204. The number of aryl methyl sites for hydroxylation is 1. The summed E-state index contributed by atoms with van der Waals surface area (Å²) >= 11 is 1.38. The third-order valence-corrected chi connectivity index (χ3v) is 9.07. The van der Waals surface area contributed by atoms with Crippen LogP contribution in [0.25, 0.3) is 0 Å². The van der Waals surface area contributed by atoms with Gasteiger partial charge in [-0.3, -0.25) is 4.79 Å². The largest absolute Gasteiger partial charge is 0.457 e. The molecule has 0 bridgehead atoms. The van der Waals surface area contributed by atoms with E-state index in [2.05, 4.69) is 4.99 Å². The molecule has 1 amide bonds. The Morgan fingerprint density at radius 3 is 2.35 bits per heavy atom. The van der Waals surface area contributed by atoms with Gasteiger partial charge < -0.3 is 9.64 Å². The standard InChI is InChI=1S/C26H24N2O4S2/c1-18-7-9-19(10-8-18)15-25(29)27-26-28(23-16-34(30,31)17-24(23)33-26)20-11-13-22(14-12-20)32-21-5-3-2-4-6-21/h2-14,23-24H,15-17H2,1H3. The predicted molar refractivity (Wildman–Crippen MR) is 137 cm³/mol. The lowest BCUT2D eigenvalue weighted by molar-refractivity contribution is -0.117. The van der Waals surface area contributed by atoms with E-state index in [-0.39, 0.29) is 35.1 Å². The summed E-state index contributed by atoms with van der Waals surface area (Å²) in [7, 11) is -3.13. The minimum absolute atomic E-state index is 0.0537. The van der Waals surface area contributed by atoms with Gasteiger partial charge in [0.05, 0.1) is 24.0 Å². The number of amides is 1. The summed E-state index contributed by atoms with van der Waals surface area (Å²) in [5, 5.41) is 0.412. The number of hydrogen-bond donors (Lipinski definition) is 0. The summed E-state index contributed by atoms with van der Waals surface area (Å²) in [4.78, 5) is 19.1. The lowest BCUT2D eigenvalue weighted by Crippen LogP contribution is -2.37. The zero-order valence-electron chi connectivity index (χ0n) is 18.6. The van der Waals surface area contributed by atoms with Gasteiger partial charge in [-0.25, -0.2) is 8.42 Å². The average Bonchev–Trinajstić information content (AvgIpc) is 3.27. The first-order valence-corrected chi connectivity index (χ1v) is 13.7. The molecule has 2 saturated heterocycles. The van der Waals surface area contributed by atoms with Crippen LogP contribution in [0.3, 0.4) is 0 Å². The van der Waals surface area contributed by atoms with Gasteiger partial charge in [0.15, 0.2) is 15.0 Å². The lowest BCUT2D eigenvalue weighted by atomic mass is 10.1. The number of carbonyl (C=O) groups is 1. The Labute approximate surface area is 203 Å². The second-order valence-electron chi connectivity index (χ2n) is 8.53. The van der Waals surface area contributed by atoms with Crippen molar-refractivity contribution in [2.75, 3.05) is 16.4 Å². The molecule has 0 aliphatic carbocycles. The van der Waals surface area contributed by atoms with Crippen LogP contribution >= 0.6 is 11.8 Å². The number of thioether (sulfide) groups is 1. The predicted octanol–water partition coefficient (Wildman–Crippen LogP) is 4.63. The molecule has 8 heteroatoms. The van der Waals surface area contributed by atoms with Crippen LogP contribution in [0.5, 0.6) is 11.5 Å². The van der Waals surface area contributed by atoms with E-state index in [1.807, 2.05) is 90.7 Å². The van der Waals surface area contributed by atoms with E-state index in [1.54, 1.807) is 0 Å². The van der Waals surface area contributed by atoms with E-state index >= 15 is 0 Å². The first-order valence-electron chi connectivity index (χ1n) is 11.0. The Kier molecular flexibility index (Phi) is 6.18. The molecule has 0 spiro atoms. The van der Waals surface area contributed by atoms with Crippen LogP contribution in [0.1, 0.15) is 11.1 Å². The fraction of sp³-hybridized carbons (Fsp3) is 0.231. The van der Waals surface area contributed by atoms with Crippen molar-refractivity contribution in [3.05, 3.63) is 90.0 Å². The van der Waals surface area contributed by atoms with Gasteiger partial charge in [0.1, 0.15) is 11.5 Å². The van der Waals surface area contributed by atoms with Crippen LogP contribution in [0.15, 0.2) is 83.9 Å². The van der Waals surface area contributed by atoms with Gasteiger partial charge in [0, 0.05) is 10.9 Å². The third-order valence-electron chi connectivity index (χ3n) is 5.86. The third kappa shape index (κ3) is 5.03. The summed E-state index contributed by atoms with van der Waals surface area (Å²) in [5.41, 5.74) is 2.83. The van der Waals surface area contributed by atoms with Gasteiger partial charge in [-0.15, -0.1) is 0 Å². The molecule has 0 N–H and O–H groups in total. The number of nitrogens with zero attached hydrogens (tertiary/aromatic N) is 2. The fourth-order valence-electron chi connectivity index (χ4n) is 4.19. The van der Waals surface area contributed by atoms with Gasteiger partial charge in [-0.1, -0.05) is 59.8 Å². The molecule has 0 saturated carbocycles. The smallest absolute Gasteiger partial charge is 0.252 e. The van der Waals surface area contributed by atoms with Crippen molar-refractivity contribution in [2.24, 2.45) is 4.99 Å². The first-order chi connectivity index (χ1) is 16.4. The van der Waals surface area contributed by atoms with Gasteiger partial charge >= 0.3 is 0 Å². The quantitative estimate of drug-likeness (QED) is 0.517. The fourth-order valence-corrected chi connectivity index (χ4v) is 8.12. The monoisotopic (exact) mass is 492 g/mol. The topological polar surface area (TPSA) is 76.0 Å². The highest BCUT2D eigenvalue weighted by molar-refractivity contribution is 8.16. The Balaban J connectivity index is 1.40. The number of para-hydroxylation sites is 1. The molecular formula is C26H24N2O4S2. The molecule has 2 aliphatic rings. The van der Waals surface area contributed by atoms with Crippen molar-refractivity contribution in [3.8, 4) is 11.5 Å². The summed E-state index contributed by atoms with van der Waals surface area (Å²) in [5.74, 6) is 1.31. The minimum atomic E-state index is -3.13. The molecule has 2 heterocycles. The zero-order chi connectivity index (χ0) is 23.7. The van der Waals surface area contributed by atoms with E-state index in [0.717, 1.165) is 22.6 Å². The molecule has 2 aliphatic heterocycles. The van der Waals surface area contributed by atoms with Crippen LogP contribution in [0, 0.1) is 6.92 Å². The second-order valence-corrected chi connectivity index (χ2v) is 11.9. The normalized spacial score (nSPS) is 22.0. The molecule has 6 nitrogen and oxygen atoms in total. The van der Waals surface area contributed by atoms with E-state index in [1.165, 1.54) is 11.8 Å². The molecule has 0 radical (unpaired) electrons. The van der Waals surface area contributed by atoms with E-state index in [0.29, 0.717) is 10.9 Å². The number of carbonyl (C=O) groups excluding carboxylic acids is 1. The number of anilines is 1. The summed E-state index contributed by atoms with van der Waals surface area (Å²) in [6, 6.07) is 24.5. The SMILES string of the molecule is Cc1ccc(CC(=O)N=C2SC3CS(=O)(=O)CC3N2c2ccc(Oc3ccccc3)cc2)cc1. The van der Waals surface area contributed by atoms with Crippen LogP contribution in [-0.2, 0) is 21.1 Å². The van der Waals surface area contributed by atoms with E-state index < -0.39 is 9.84 Å². The van der Waals surface area contributed by atoms with Crippen LogP contribution in [-0.4, -0.2) is 42.3 Å². The number of fused-ring (bicyclic) bond motifs is 1. The molecule has 3 aromatic rings. The van der Waals surface area contributed by atoms with Crippen LogP contribution in [0.4, 0.5) is 5.69 Å². The molecule has 174 valence electrons. The second kappa shape index (κ2) is 9.27. The van der Waals surface area contributed by atoms with Gasteiger partial charge in [0.2, 0.25) is 0 Å². The Hall–Kier alpha value is -3.10. The lowest BCUT2D eigenvalue weighted by Gasteiger charge is -2.24. The molecule has 3 aromatic carbocycles. The maximum Gasteiger partial charge on any atom is 0.252 e. The summed E-state index contributed by atoms with van der Waals surface area (Å²) in [6.45, 7) is 2.00. The minimum Gasteiger partial charge on any atom is -0.457 e. The molecule has 0 aromatic heterocycles. The molecular weight excluding hydrogens is 468 g/mol. The highest BCUT2D eigenvalue weighted by Gasteiger charge is 2.49. The van der Waals surface area contributed by atoms with Gasteiger partial charge in [0.25, 0.3) is 5.91 Å². The Morgan fingerprint density at radius 1 is 0.971 bits per heavy atom. The van der Waals surface area contributed by atoms with Gasteiger partial charge in [-0.05, 0) is 48.9 Å². The zero-order valence-corrected chi connectivity index (χ0v) is 20.3. The van der Waals surface area contributed by atoms with E-state index in [9.17, 15) is 13.2 Å². The summed E-state index contributed by atoms with van der Waals surface area (Å²) < 4.78 is 30.5. The highest BCUT2D eigenvalue weighted by Crippen LogP contribution is 2.41. The van der Waals surface area contributed by atoms with Crippen molar-refractivity contribution < 1.29 is 17.9 Å². The number of benzene rings is 3. The number of amidine groups is 1. The molecule has 2 unspecified atom stereocenters. The van der Waals surface area contributed by atoms with Gasteiger partial charge in [-0.2, -0.15) is 4.99 Å². The van der Waals surface area contributed by atoms with Crippen molar-refractivity contribution in [1.29, 1.82) is 0 Å². The highest BCUT2D eigenvalue weighted by atomic mass is 32.2. The number of rotatable bonds is 5. The maximum absolute atomic E-state index is 12.8. The van der Waals surface area contributed by atoms with Crippen molar-refractivity contribution in [3.63, 3.8) is 0 Å². The van der Waals surface area contributed by atoms with Crippen molar-refractivity contribution >= 4 is 38.4 Å². The molecule has 2 atom stereocenters. The number of hydrogen-bond acceptors (Lipinski definition) is 5.